The van der Waals surface area contributed by atoms with Crippen molar-refractivity contribution in [3.05, 3.63) is 4.91 Å². The van der Waals surface area contributed by atoms with Gasteiger partial charge in [0.25, 0.3) is 0 Å². The zero-order chi connectivity index (χ0) is 6.28. The van der Waals surface area contributed by atoms with Crippen LogP contribution in [-0.2, 0) is 0 Å². The van der Waals surface area contributed by atoms with E-state index in [-0.39, 0.29) is 88.7 Å². The zero-order valence-corrected chi connectivity index (χ0v) is 12.1. The van der Waals surface area contributed by atoms with Crippen molar-refractivity contribution in [3.8, 4) is 0 Å². The fourth-order valence-corrected chi connectivity index (χ4v) is 0. The molecule has 6 nitrogen and oxygen atoms in total. The Kier molecular flexibility index (Phi) is 88.8. The van der Waals surface area contributed by atoms with Crippen molar-refractivity contribution in [2.24, 2.45) is 5.34 Å². The van der Waals surface area contributed by atoms with Crippen molar-refractivity contribution in [1.29, 1.82) is 0 Å². The maximum atomic E-state index is 8.42. The molecule has 0 fully saturated rings. The average molecular weight is 175 g/mol. The van der Waals surface area contributed by atoms with Gasteiger partial charge in [0, 0.05) is 0 Å². The van der Waals surface area contributed by atoms with E-state index in [1.807, 2.05) is 0 Å². The molecule has 0 atom stereocenters. The molecule has 0 radical (unpaired) electrons. The van der Waals surface area contributed by atoms with Gasteiger partial charge in [0.1, 0.15) is 0 Å². The zero-order valence-electron chi connectivity index (χ0n) is 6.10. The molecule has 0 aromatic rings. The Bertz CT molecular complexity index is 41.1. The minimum Gasteiger partial charge on any atom is -0.907 e. The molecule has 0 aliphatic carbocycles. The first kappa shape index (κ1) is 29.5. The van der Waals surface area contributed by atoms with Crippen molar-refractivity contribution >= 4 is 7.32 Å². The van der Waals surface area contributed by atoms with Crippen LogP contribution >= 0.6 is 0 Å². The van der Waals surface area contributed by atoms with Gasteiger partial charge in [0.2, 0.25) is 0 Å². The van der Waals surface area contributed by atoms with Crippen molar-refractivity contribution in [2.45, 2.75) is 0 Å². The third kappa shape index (κ3) is 164. The molecule has 0 spiro atoms. The van der Waals surface area contributed by atoms with Crippen molar-refractivity contribution < 1.29 is 109 Å². The molecule has 1 N–H and O–H groups in total. The molecule has 0 heterocycles. The number of rotatable bonds is 0. The molecule has 0 bridgehead atoms. The molecular formula is HBNNa3O5. The number of hydrogen-bond acceptors (Lipinski definition) is 5. The summed E-state index contributed by atoms with van der Waals surface area (Å²) in [6.45, 7) is 0. The van der Waals surface area contributed by atoms with Gasteiger partial charge in [-0.15, -0.1) is 4.91 Å². The molecule has 0 aliphatic rings. The van der Waals surface area contributed by atoms with Gasteiger partial charge in [-0.1, -0.05) is 0 Å². The van der Waals surface area contributed by atoms with E-state index in [2.05, 4.69) is 0 Å². The summed E-state index contributed by atoms with van der Waals surface area (Å²) in [6, 6.07) is 0. The molecule has 0 unspecified atom stereocenters. The molecule has 10 heteroatoms. The van der Waals surface area contributed by atoms with Gasteiger partial charge in [-0.05, 0) is 0 Å². The topological polar surface area (TPSA) is 119 Å². The van der Waals surface area contributed by atoms with Crippen LogP contribution < -0.4 is 104 Å². The van der Waals surface area contributed by atoms with E-state index >= 15 is 0 Å². The molecule has 0 saturated heterocycles. The van der Waals surface area contributed by atoms with Crippen LogP contribution in [0.15, 0.2) is 5.34 Å². The Morgan fingerprint density at radius 3 is 1.10 bits per heavy atom. The summed E-state index contributed by atoms with van der Waals surface area (Å²) in [5.41, 5.74) is 0. The van der Waals surface area contributed by atoms with E-state index < -0.39 is 7.32 Å². The summed E-state index contributed by atoms with van der Waals surface area (Å²) >= 11 is 0. The number of nitrogens with zero attached hydrogens (tertiary/aromatic N) is 1. The monoisotopic (exact) mass is 175 g/mol. The molecule has 0 amide bonds. The predicted octanol–water partition coefficient (Wildman–Crippen LogP) is -12.8. The standard InChI is InChI=1S/BO3.HNO2.3Na/c2-1(3)4;2-1-3;;;/h;(H,2,3);;;/q-3;;3*+1. The molecule has 0 saturated carbocycles. The van der Waals surface area contributed by atoms with E-state index in [0.717, 1.165) is 0 Å². The van der Waals surface area contributed by atoms with Crippen LogP contribution in [0, 0.1) is 4.91 Å². The van der Waals surface area contributed by atoms with E-state index in [9.17, 15) is 0 Å². The van der Waals surface area contributed by atoms with Crippen molar-refractivity contribution in [2.75, 3.05) is 0 Å². The van der Waals surface area contributed by atoms with Gasteiger partial charge in [-0.25, -0.2) is 0 Å². The first-order chi connectivity index (χ1) is 3.15. The third-order valence-electron chi connectivity index (χ3n) is 0. The van der Waals surface area contributed by atoms with E-state index in [0.29, 0.717) is 0 Å². The van der Waals surface area contributed by atoms with Crippen LogP contribution in [0.25, 0.3) is 0 Å². The molecule has 0 aliphatic heterocycles. The van der Waals surface area contributed by atoms with Crippen LogP contribution in [0.3, 0.4) is 0 Å². The predicted molar refractivity (Wildman–Crippen MR) is 13.3 cm³/mol. The van der Waals surface area contributed by atoms with Gasteiger partial charge in [-0.2, -0.15) is 0 Å². The largest absolute Gasteiger partial charge is 1.00 e. The summed E-state index contributed by atoms with van der Waals surface area (Å²) in [7, 11) is -2.92. The molecule has 42 valence electrons. The van der Waals surface area contributed by atoms with E-state index in [1.54, 1.807) is 0 Å². The van der Waals surface area contributed by atoms with Gasteiger partial charge in [0.05, 0.1) is 0 Å². The summed E-state index contributed by atoms with van der Waals surface area (Å²) < 4.78 is 0. The van der Waals surface area contributed by atoms with Gasteiger partial charge in [-0.3, -0.25) is 7.32 Å². The maximum absolute atomic E-state index is 8.42. The quantitative estimate of drug-likeness (QED) is 0.222. The smallest absolute Gasteiger partial charge is 0.907 e. The molecule has 0 aromatic carbocycles. The van der Waals surface area contributed by atoms with E-state index in [4.69, 9.17) is 25.2 Å². The minimum absolute atomic E-state index is 0. The first-order valence-electron chi connectivity index (χ1n) is 1.09. The second-order valence-electron chi connectivity index (χ2n) is 0.370. The third-order valence-corrected chi connectivity index (χ3v) is 0. The fraction of sp³-hybridized carbons (Fsp3) is 0. The van der Waals surface area contributed by atoms with Crippen LogP contribution in [0.1, 0.15) is 0 Å². The van der Waals surface area contributed by atoms with Crippen molar-refractivity contribution in [3.63, 3.8) is 0 Å². The first-order valence-corrected chi connectivity index (χ1v) is 1.09. The molecule has 10 heavy (non-hydrogen) atoms. The SMILES string of the molecule is O=NO.[Na+].[Na+].[Na+].[O-]B([O-])[O-]. The van der Waals surface area contributed by atoms with Gasteiger partial charge in [0.15, 0.2) is 5.34 Å². The second kappa shape index (κ2) is 30.2. The Labute approximate surface area is 124 Å². The van der Waals surface area contributed by atoms with Crippen LogP contribution in [0.4, 0.5) is 0 Å². The Morgan fingerprint density at radius 1 is 1.10 bits per heavy atom. The normalized spacial score (nSPS) is 3.90. The van der Waals surface area contributed by atoms with Crippen LogP contribution in [0.5, 0.6) is 0 Å². The summed E-state index contributed by atoms with van der Waals surface area (Å²) in [5.74, 6) is 0. The summed E-state index contributed by atoms with van der Waals surface area (Å²) in [6.07, 6.45) is 0. The van der Waals surface area contributed by atoms with E-state index in [1.165, 1.54) is 5.34 Å². The molecule has 0 aromatic heterocycles. The van der Waals surface area contributed by atoms with Gasteiger partial charge < -0.3 is 20.3 Å². The van der Waals surface area contributed by atoms with Crippen LogP contribution in [-0.4, -0.2) is 12.5 Å². The molecular weight excluding hydrogens is 174 g/mol. The van der Waals surface area contributed by atoms with Crippen LogP contribution in [0.2, 0.25) is 0 Å². The average Bonchev–Trinajstić information content (AvgIpc) is 1.33. The maximum Gasteiger partial charge on any atom is 1.00 e. The Hall–Kier alpha value is 2.34. The van der Waals surface area contributed by atoms with Gasteiger partial charge >= 0.3 is 88.7 Å². The Morgan fingerprint density at radius 2 is 1.10 bits per heavy atom. The Balaban J connectivity index is -0.0000000131. The summed E-state index contributed by atoms with van der Waals surface area (Å²) in [4.78, 5) is 8.11. The molecule has 0 rings (SSSR count). The minimum atomic E-state index is -2.92. The fourth-order valence-electron chi connectivity index (χ4n) is 0. The van der Waals surface area contributed by atoms with Crippen molar-refractivity contribution in [1.82, 2.24) is 0 Å². The summed E-state index contributed by atoms with van der Waals surface area (Å²) in [5, 5.41) is 33.1. The number of hydrogen-bond donors (Lipinski definition) is 1. The second-order valence-corrected chi connectivity index (χ2v) is 0.370.